The monoisotopic (exact) mass is 461 g/mol. The van der Waals surface area contributed by atoms with E-state index in [2.05, 4.69) is 4.99 Å². The zero-order valence-electron chi connectivity index (χ0n) is 17.3. The van der Waals surface area contributed by atoms with Crippen LogP contribution in [0.15, 0.2) is 52.4 Å². The van der Waals surface area contributed by atoms with Gasteiger partial charge in [-0.05, 0) is 61.7 Å². The van der Waals surface area contributed by atoms with Gasteiger partial charge in [0.25, 0.3) is 5.91 Å². The predicted octanol–water partition coefficient (Wildman–Crippen LogP) is 4.17. The molecule has 0 saturated carbocycles. The molecule has 164 valence electrons. The molecular weight excluding hydrogens is 437 g/mol. The Labute approximate surface area is 184 Å². The number of aromatic nitrogens is 1. The van der Waals surface area contributed by atoms with E-state index in [0.717, 1.165) is 35.9 Å². The number of piperidine rings is 1. The minimum absolute atomic E-state index is 0.185. The lowest BCUT2D eigenvalue weighted by molar-refractivity contribution is 0.0997. The number of aryl methyl sites for hydroxylation is 1. The third kappa shape index (κ3) is 4.49. The lowest BCUT2D eigenvalue weighted by Gasteiger charge is -2.25. The fraction of sp³-hybridized carbons (Fsp3) is 0.364. The van der Waals surface area contributed by atoms with Gasteiger partial charge in [-0.1, -0.05) is 24.7 Å². The van der Waals surface area contributed by atoms with Crippen LogP contribution in [0.4, 0.5) is 4.39 Å². The second-order valence-electron chi connectivity index (χ2n) is 7.55. The van der Waals surface area contributed by atoms with Gasteiger partial charge in [0, 0.05) is 25.2 Å². The number of benzene rings is 2. The molecule has 0 atom stereocenters. The maximum absolute atomic E-state index is 13.6. The van der Waals surface area contributed by atoms with E-state index in [1.165, 1.54) is 52.0 Å². The minimum atomic E-state index is -3.55. The summed E-state index contributed by atoms with van der Waals surface area (Å²) < 4.78 is 43.3. The maximum Gasteiger partial charge on any atom is 0.279 e. The molecular formula is C22H24FN3O3S2. The molecule has 1 saturated heterocycles. The van der Waals surface area contributed by atoms with Gasteiger partial charge in [0.1, 0.15) is 5.82 Å². The van der Waals surface area contributed by atoms with E-state index in [9.17, 15) is 17.6 Å². The van der Waals surface area contributed by atoms with Crippen LogP contribution in [0.1, 0.15) is 43.0 Å². The van der Waals surface area contributed by atoms with Crippen molar-refractivity contribution >= 4 is 37.5 Å². The number of hydrogen-bond donors (Lipinski definition) is 0. The van der Waals surface area contributed by atoms with Crippen LogP contribution in [0.25, 0.3) is 10.2 Å². The number of halogens is 1. The lowest BCUT2D eigenvalue weighted by Crippen LogP contribution is -2.35. The SMILES string of the molecule is CCCn1c(=NC(=O)c2ccc(S(=O)(=O)N3CCCCC3)cc2)sc2cc(F)ccc21. The quantitative estimate of drug-likeness (QED) is 0.573. The van der Waals surface area contributed by atoms with Gasteiger partial charge in [0.05, 0.1) is 15.1 Å². The highest BCUT2D eigenvalue weighted by atomic mass is 32.2. The lowest BCUT2D eigenvalue weighted by atomic mass is 10.2. The maximum atomic E-state index is 13.6. The van der Waals surface area contributed by atoms with Crippen molar-refractivity contribution in [3.8, 4) is 0 Å². The van der Waals surface area contributed by atoms with E-state index in [4.69, 9.17) is 0 Å². The Morgan fingerprint density at radius 3 is 2.48 bits per heavy atom. The highest BCUT2D eigenvalue weighted by Gasteiger charge is 2.26. The summed E-state index contributed by atoms with van der Waals surface area (Å²) in [6, 6.07) is 10.5. The molecule has 2 aromatic carbocycles. The summed E-state index contributed by atoms with van der Waals surface area (Å²) in [5.74, 6) is -0.792. The van der Waals surface area contributed by atoms with Crippen LogP contribution < -0.4 is 4.80 Å². The molecule has 1 amide bonds. The molecule has 9 heteroatoms. The summed E-state index contributed by atoms with van der Waals surface area (Å²) in [7, 11) is -3.55. The van der Waals surface area contributed by atoms with E-state index in [1.807, 2.05) is 11.5 Å². The largest absolute Gasteiger partial charge is 0.316 e. The van der Waals surface area contributed by atoms with Gasteiger partial charge in [-0.15, -0.1) is 0 Å². The normalized spacial score (nSPS) is 16.1. The fourth-order valence-corrected chi connectivity index (χ4v) is 6.34. The van der Waals surface area contributed by atoms with E-state index in [-0.39, 0.29) is 10.7 Å². The number of thiazole rings is 1. The van der Waals surface area contributed by atoms with Crippen molar-refractivity contribution in [2.45, 2.75) is 44.0 Å². The summed E-state index contributed by atoms with van der Waals surface area (Å²) in [5.41, 5.74) is 1.15. The molecule has 0 unspecified atom stereocenters. The van der Waals surface area contributed by atoms with Gasteiger partial charge in [-0.25, -0.2) is 12.8 Å². The van der Waals surface area contributed by atoms with Crippen molar-refractivity contribution < 1.29 is 17.6 Å². The topological polar surface area (TPSA) is 71.7 Å². The number of nitrogens with zero attached hydrogens (tertiary/aromatic N) is 3. The van der Waals surface area contributed by atoms with Crippen molar-refractivity contribution in [3.05, 3.63) is 58.6 Å². The highest BCUT2D eigenvalue weighted by Crippen LogP contribution is 2.22. The second kappa shape index (κ2) is 9.02. The Hall–Kier alpha value is -2.36. The summed E-state index contributed by atoms with van der Waals surface area (Å²) >= 11 is 1.26. The molecule has 3 aromatic rings. The summed E-state index contributed by atoms with van der Waals surface area (Å²) in [4.78, 5) is 17.7. The third-order valence-electron chi connectivity index (χ3n) is 5.34. The average Bonchev–Trinajstić information content (AvgIpc) is 3.10. The molecule has 0 aliphatic carbocycles. The molecule has 31 heavy (non-hydrogen) atoms. The van der Waals surface area contributed by atoms with Gasteiger partial charge < -0.3 is 4.57 Å². The first kappa shape index (κ1) is 21.9. The molecule has 1 aliphatic rings. The van der Waals surface area contributed by atoms with Crippen molar-refractivity contribution in [2.24, 2.45) is 4.99 Å². The number of carbonyl (C=O) groups is 1. The van der Waals surface area contributed by atoms with Crippen LogP contribution in [0.5, 0.6) is 0 Å². The number of rotatable bonds is 5. The van der Waals surface area contributed by atoms with E-state index in [1.54, 1.807) is 6.07 Å². The van der Waals surface area contributed by atoms with Crippen LogP contribution >= 0.6 is 11.3 Å². The van der Waals surface area contributed by atoms with E-state index in [0.29, 0.717) is 30.0 Å². The Bertz CT molecular complexity index is 1270. The Morgan fingerprint density at radius 2 is 1.81 bits per heavy atom. The molecule has 0 radical (unpaired) electrons. The zero-order valence-corrected chi connectivity index (χ0v) is 18.9. The van der Waals surface area contributed by atoms with Gasteiger partial charge in [-0.3, -0.25) is 4.79 Å². The molecule has 0 N–H and O–H groups in total. The van der Waals surface area contributed by atoms with Crippen LogP contribution in [-0.2, 0) is 16.6 Å². The first-order valence-corrected chi connectivity index (χ1v) is 12.6. The summed E-state index contributed by atoms with van der Waals surface area (Å²) in [6.07, 6.45) is 3.62. The predicted molar refractivity (Wildman–Crippen MR) is 119 cm³/mol. The first-order chi connectivity index (χ1) is 14.9. The Balaban J connectivity index is 1.65. The number of carbonyl (C=O) groups excluding carboxylic acids is 1. The Kier molecular flexibility index (Phi) is 6.36. The molecule has 6 nitrogen and oxygen atoms in total. The zero-order chi connectivity index (χ0) is 22.0. The van der Waals surface area contributed by atoms with Crippen molar-refractivity contribution in [2.75, 3.05) is 13.1 Å². The molecule has 2 heterocycles. The van der Waals surface area contributed by atoms with Crippen LogP contribution in [0, 0.1) is 5.82 Å². The van der Waals surface area contributed by atoms with Crippen molar-refractivity contribution in [3.63, 3.8) is 0 Å². The molecule has 1 fully saturated rings. The van der Waals surface area contributed by atoms with Crippen molar-refractivity contribution in [1.29, 1.82) is 0 Å². The average molecular weight is 462 g/mol. The van der Waals surface area contributed by atoms with Gasteiger partial charge in [0.15, 0.2) is 4.80 Å². The number of fused-ring (bicyclic) bond motifs is 1. The van der Waals surface area contributed by atoms with Gasteiger partial charge in [-0.2, -0.15) is 9.30 Å². The van der Waals surface area contributed by atoms with Crippen LogP contribution in [0.3, 0.4) is 0 Å². The van der Waals surface area contributed by atoms with Gasteiger partial charge in [0.2, 0.25) is 10.0 Å². The van der Waals surface area contributed by atoms with Gasteiger partial charge >= 0.3 is 0 Å². The smallest absolute Gasteiger partial charge is 0.279 e. The molecule has 0 spiro atoms. The third-order valence-corrected chi connectivity index (χ3v) is 8.30. The van der Waals surface area contributed by atoms with E-state index >= 15 is 0 Å². The van der Waals surface area contributed by atoms with Crippen LogP contribution in [0.2, 0.25) is 0 Å². The highest BCUT2D eigenvalue weighted by molar-refractivity contribution is 7.89. The van der Waals surface area contributed by atoms with E-state index < -0.39 is 15.9 Å². The fourth-order valence-electron chi connectivity index (χ4n) is 3.75. The molecule has 0 bridgehead atoms. The summed E-state index contributed by atoms with van der Waals surface area (Å²) in [5, 5.41) is 0. The van der Waals surface area contributed by atoms with Crippen LogP contribution in [-0.4, -0.2) is 36.3 Å². The Morgan fingerprint density at radius 1 is 1.10 bits per heavy atom. The second-order valence-corrected chi connectivity index (χ2v) is 10.5. The standard InChI is InChI=1S/C22H24FN3O3S2/c1-2-12-26-19-11-8-17(23)15-20(19)30-22(26)24-21(27)16-6-9-18(10-7-16)31(28,29)25-13-4-3-5-14-25/h6-11,15H,2-5,12-14H2,1H3. The number of amides is 1. The molecule has 1 aromatic heterocycles. The minimum Gasteiger partial charge on any atom is -0.316 e. The first-order valence-electron chi connectivity index (χ1n) is 10.4. The molecule has 4 rings (SSSR count). The van der Waals surface area contributed by atoms with Crippen molar-refractivity contribution in [1.82, 2.24) is 8.87 Å². The molecule has 1 aliphatic heterocycles. The summed E-state index contributed by atoms with van der Waals surface area (Å²) in [6.45, 7) is 3.74. The number of hydrogen-bond acceptors (Lipinski definition) is 4. The number of sulfonamides is 1.